The maximum absolute atomic E-state index is 11.9. The number of amides is 1. The van der Waals surface area contributed by atoms with Crippen molar-refractivity contribution in [3.63, 3.8) is 0 Å². The Morgan fingerprint density at radius 2 is 2.18 bits per heavy atom. The highest BCUT2D eigenvalue weighted by atomic mass is 32.1. The van der Waals surface area contributed by atoms with Gasteiger partial charge in [-0.25, -0.2) is 4.98 Å². The molecule has 1 aliphatic rings. The van der Waals surface area contributed by atoms with Crippen LogP contribution in [0.25, 0.3) is 5.13 Å². The first kappa shape index (κ1) is 10.5. The van der Waals surface area contributed by atoms with E-state index in [0.29, 0.717) is 6.04 Å². The van der Waals surface area contributed by atoms with E-state index >= 15 is 0 Å². The molecular formula is C12H13N3OS. The number of rotatable bonds is 3. The number of nitrogens with zero attached hydrogens (tertiary/aromatic N) is 2. The lowest BCUT2D eigenvalue weighted by Gasteiger charge is -1.99. The second-order valence-electron chi connectivity index (χ2n) is 4.25. The molecule has 1 amide bonds. The van der Waals surface area contributed by atoms with Crippen LogP contribution in [0.2, 0.25) is 0 Å². The molecule has 5 heteroatoms. The summed E-state index contributed by atoms with van der Waals surface area (Å²) in [6, 6.07) is 4.28. The van der Waals surface area contributed by atoms with Crippen LogP contribution in [-0.2, 0) is 0 Å². The summed E-state index contributed by atoms with van der Waals surface area (Å²) >= 11 is 1.43. The maximum atomic E-state index is 11.9. The van der Waals surface area contributed by atoms with Gasteiger partial charge in [0.2, 0.25) is 0 Å². The van der Waals surface area contributed by atoms with Crippen LogP contribution >= 0.6 is 11.3 Å². The van der Waals surface area contributed by atoms with Crippen molar-refractivity contribution >= 4 is 17.2 Å². The Kier molecular flexibility index (Phi) is 2.48. The summed E-state index contributed by atoms with van der Waals surface area (Å²) in [4.78, 5) is 17.1. The Labute approximate surface area is 103 Å². The van der Waals surface area contributed by atoms with Gasteiger partial charge in [0.25, 0.3) is 5.91 Å². The Morgan fingerprint density at radius 3 is 2.82 bits per heavy atom. The summed E-state index contributed by atoms with van der Waals surface area (Å²) in [5, 5.41) is 3.83. The summed E-state index contributed by atoms with van der Waals surface area (Å²) in [6.45, 7) is 1.88. The summed E-state index contributed by atoms with van der Waals surface area (Å²) < 4.78 is 1.92. The van der Waals surface area contributed by atoms with E-state index in [0.717, 1.165) is 28.5 Å². The highest BCUT2D eigenvalue weighted by Gasteiger charge is 2.25. The van der Waals surface area contributed by atoms with Gasteiger partial charge in [0.15, 0.2) is 5.13 Å². The van der Waals surface area contributed by atoms with E-state index in [4.69, 9.17) is 0 Å². The number of thiazole rings is 1. The second-order valence-corrected chi connectivity index (χ2v) is 5.23. The summed E-state index contributed by atoms with van der Waals surface area (Å²) in [5.74, 6) is 0.0147. The SMILES string of the molecule is Cc1nc(-n2cccc2)sc1C(=O)NC1CC1. The van der Waals surface area contributed by atoms with Crippen molar-refractivity contribution in [1.82, 2.24) is 14.9 Å². The molecule has 4 nitrogen and oxygen atoms in total. The molecule has 3 rings (SSSR count). The third-order valence-corrected chi connectivity index (χ3v) is 3.90. The van der Waals surface area contributed by atoms with E-state index in [1.807, 2.05) is 36.0 Å². The fraction of sp³-hybridized carbons (Fsp3) is 0.333. The average Bonchev–Trinajstić information content (AvgIpc) is 2.83. The fourth-order valence-electron chi connectivity index (χ4n) is 1.64. The molecule has 17 heavy (non-hydrogen) atoms. The molecule has 0 unspecified atom stereocenters. The summed E-state index contributed by atoms with van der Waals surface area (Å²) in [5.41, 5.74) is 0.803. The van der Waals surface area contributed by atoms with Gasteiger partial charge in [0, 0.05) is 18.4 Å². The molecule has 0 aliphatic heterocycles. The van der Waals surface area contributed by atoms with Crippen molar-refractivity contribution in [2.24, 2.45) is 0 Å². The highest BCUT2D eigenvalue weighted by Crippen LogP contribution is 2.24. The molecule has 2 aromatic heterocycles. The van der Waals surface area contributed by atoms with E-state index in [-0.39, 0.29) is 5.91 Å². The van der Waals surface area contributed by atoms with Gasteiger partial charge in [-0.05, 0) is 31.9 Å². The lowest BCUT2D eigenvalue weighted by molar-refractivity contribution is 0.0954. The number of hydrogen-bond acceptors (Lipinski definition) is 3. The molecule has 0 radical (unpaired) electrons. The van der Waals surface area contributed by atoms with Crippen LogP contribution in [0.4, 0.5) is 0 Å². The highest BCUT2D eigenvalue weighted by molar-refractivity contribution is 7.16. The first-order valence-electron chi connectivity index (χ1n) is 5.65. The zero-order chi connectivity index (χ0) is 11.8. The van der Waals surface area contributed by atoms with E-state index < -0.39 is 0 Å². The van der Waals surface area contributed by atoms with Crippen LogP contribution < -0.4 is 5.32 Å². The van der Waals surface area contributed by atoms with Crippen LogP contribution in [0.15, 0.2) is 24.5 Å². The number of carbonyl (C=O) groups is 1. The van der Waals surface area contributed by atoms with Crippen molar-refractivity contribution in [1.29, 1.82) is 0 Å². The molecule has 0 saturated heterocycles. The molecule has 0 aromatic carbocycles. The number of carbonyl (C=O) groups excluding carboxylic acids is 1. The van der Waals surface area contributed by atoms with Crippen molar-refractivity contribution in [3.8, 4) is 5.13 Å². The third-order valence-electron chi connectivity index (χ3n) is 2.73. The molecule has 1 fully saturated rings. The van der Waals surface area contributed by atoms with E-state index in [9.17, 15) is 4.79 Å². The second kappa shape index (κ2) is 4.00. The van der Waals surface area contributed by atoms with Gasteiger partial charge in [-0.15, -0.1) is 0 Å². The minimum Gasteiger partial charge on any atom is -0.349 e. The molecular weight excluding hydrogens is 234 g/mol. The zero-order valence-electron chi connectivity index (χ0n) is 9.51. The Morgan fingerprint density at radius 1 is 1.47 bits per heavy atom. The minimum atomic E-state index is 0.0147. The van der Waals surface area contributed by atoms with Crippen LogP contribution in [-0.4, -0.2) is 21.5 Å². The Hall–Kier alpha value is -1.62. The van der Waals surface area contributed by atoms with Crippen molar-refractivity contribution in [3.05, 3.63) is 35.1 Å². The van der Waals surface area contributed by atoms with Crippen molar-refractivity contribution < 1.29 is 4.79 Å². The third kappa shape index (κ3) is 2.10. The smallest absolute Gasteiger partial charge is 0.263 e. The minimum absolute atomic E-state index is 0.0147. The predicted molar refractivity (Wildman–Crippen MR) is 66.7 cm³/mol. The van der Waals surface area contributed by atoms with Crippen molar-refractivity contribution in [2.45, 2.75) is 25.8 Å². The zero-order valence-corrected chi connectivity index (χ0v) is 10.3. The van der Waals surface area contributed by atoms with E-state index in [1.54, 1.807) is 0 Å². The molecule has 1 aliphatic carbocycles. The van der Waals surface area contributed by atoms with Crippen LogP contribution in [0.5, 0.6) is 0 Å². The van der Waals surface area contributed by atoms with Crippen LogP contribution in [0.3, 0.4) is 0 Å². The van der Waals surface area contributed by atoms with Gasteiger partial charge in [0.1, 0.15) is 4.88 Å². The molecule has 2 heterocycles. The molecule has 1 N–H and O–H groups in total. The number of hydrogen-bond donors (Lipinski definition) is 1. The maximum Gasteiger partial charge on any atom is 0.263 e. The molecule has 1 saturated carbocycles. The summed E-state index contributed by atoms with van der Waals surface area (Å²) in [6.07, 6.45) is 6.07. The molecule has 0 atom stereocenters. The Balaban J connectivity index is 1.87. The first-order valence-corrected chi connectivity index (χ1v) is 6.47. The molecule has 2 aromatic rings. The standard InChI is InChI=1S/C12H13N3OS/c1-8-10(11(16)14-9-4-5-9)17-12(13-8)15-6-2-3-7-15/h2-3,6-7,9H,4-5H2,1H3,(H,14,16). The lowest BCUT2D eigenvalue weighted by atomic mass is 10.4. The summed E-state index contributed by atoms with van der Waals surface area (Å²) in [7, 11) is 0. The van der Waals surface area contributed by atoms with E-state index in [2.05, 4.69) is 10.3 Å². The molecule has 0 spiro atoms. The lowest BCUT2D eigenvalue weighted by Crippen LogP contribution is -2.25. The molecule has 88 valence electrons. The monoisotopic (exact) mass is 247 g/mol. The topological polar surface area (TPSA) is 46.9 Å². The van der Waals surface area contributed by atoms with E-state index in [1.165, 1.54) is 11.3 Å². The average molecular weight is 247 g/mol. The molecule has 0 bridgehead atoms. The van der Waals surface area contributed by atoms with Crippen LogP contribution in [0, 0.1) is 6.92 Å². The van der Waals surface area contributed by atoms with Gasteiger partial charge < -0.3 is 9.88 Å². The number of aryl methyl sites for hydroxylation is 1. The van der Waals surface area contributed by atoms with Gasteiger partial charge in [0.05, 0.1) is 5.69 Å². The van der Waals surface area contributed by atoms with Crippen LogP contribution in [0.1, 0.15) is 28.2 Å². The quantitative estimate of drug-likeness (QED) is 0.903. The van der Waals surface area contributed by atoms with Gasteiger partial charge in [-0.1, -0.05) is 11.3 Å². The number of aromatic nitrogens is 2. The van der Waals surface area contributed by atoms with Crippen molar-refractivity contribution in [2.75, 3.05) is 0 Å². The number of nitrogens with one attached hydrogen (secondary N) is 1. The largest absolute Gasteiger partial charge is 0.349 e. The van der Waals surface area contributed by atoms with Gasteiger partial charge in [-0.3, -0.25) is 4.79 Å². The normalized spacial score (nSPS) is 14.9. The predicted octanol–water partition coefficient (Wildman–Crippen LogP) is 2.13. The van der Waals surface area contributed by atoms with Gasteiger partial charge >= 0.3 is 0 Å². The Bertz CT molecular complexity index is 540. The first-order chi connectivity index (χ1) is 8.24. The fourth-order valence-corrected chi connectivity index (χ4v) is 2.58. The van der Waals surface area contributed by atoms with Gasteiger partial charge in [-0.2, -0.15) is 0 Å².